The number of halogens is 2. The fourth-order valence-corrected chi connectivity index (χ4v) is 2.63. The van der Waals surface area contributed by atoms with Gasteiger partial charge in [0, 0.05) is 16.6 Å². The highest BCUT2D eigenvalue weighted by molar-refractivity contribution is 6.30. The van der Waals surface area contributed by atoms with Crippen LogP contribution in [0.4, 0.5) is 4.39 Å². The zero-order valence-corrected chi connectivity index (χ0v) is 11.9. The minimum absolute atomic E-state index is 0.240. The van der Waals surface area contributed by atoms with Crippen LogP contribution in [0.25, 0.3) is 27.5 Å². The topological polar surface area (TPSA) is 50.7 Å². The van der Waals surface area contributed by atoms with Crippen LogP contribution in [-0.2, 0) is 0 Å². The molecule has 0 aliphatic heterocycles. The van der Waals surface area contributed by atoms with Crippen molar-refractivity contribution >= 4 is 33.4 Å². The van der Waals surface area contributed by atoms with Crippen molar-refractivity contribution in [3.05, 3.63) is 69.9 Å². The van der Waals surface area contributed by atoms with Crippen molar-refractivity contribution in [2.45, 2.75) is 0 Å². The average Bonchev–Trinajstić information content (AvgIpc) is 2.86. The molecule has 0 aliphatic carbocycles. The van der Waals surface area contributed by atoms with E-state index in [1.165, 1.54) is 23.0 Å². The number of fused-ring (bicyclic) bond motifs is 3. The molecule has 4 aromatic rings. The van der Waals surface area contributed by atoms with Crippen LogP contribution in [0.2, 0.25) is 5.02 Å². The molecule has 0 bridgehead atoms. The smallest absolute Gasteiger partial charge is 0.280 e. The first-order chi connectivity index (χ1) is 10.6. The Kier molecular flexibility index (Phi) is 2.77. The van der Waals surface area contributed by atoms with E-state index in [0.717, 1.165) is 0 Å². The number of rotatable bonds is 1. The van der Waals surface area contributed by atoms with E-state index >= 15 is 0 Å². The zero-order chi connectivity index (χ0) is 15.3. The lowest BCUT2D eigenvalue weighted by Crippen LogP contribution is -2.13. The molecule has 0 unspecified atom stereocenters. The molecule has 4 nitrogen and oxygen atoms in total. The molecule has 0 atom stereocenters. The van der Waals surface area contributed by atoms with Gasteiger partial charge in [-0.05, 0) is 42.5 Å². The Morgan fingerprint density at radius 1 is 1.09 bits per heavy atom. The van der Waals surface area contributed by atoms with Crippen LogP contribution in [0, 0.1) is 5.82 Å². The number of hydrogen-bond donors (Lipinski definition) is 1. The highest BCUT2D eigenvalue weighted by Gasteiger charge is 2.12. The Morgan fingerprint density at radius 2 is 1.86 bits per heavy atom. The monoisotopic (exact) mass is 313 g/mol. The van der Waals surface area contributed by atoms with Gasteiger partial charge in [-0.2, -0.15) is 0 Å². The SMILES string of the molecule is O=c1c2cnc3ccc(F)cc3c2[nH]n1-c1ccc(Cl)cc1. The lowest BCUT2D eigenvalue weighted by Gasteiger charge is -2.01. The molecule has 108 valence electrons. The van der Waals surface area contributed by atoms with Crippen molar-refractivity contribution in [1.82, 2.24) is 14.8 Å². The molecule has 0 radical (unpaired) electrons. The summed E-state index contributed by atoms with van der Waals surface area (Å²) in [5.41, 5.74) is 1.59. The Morgan fingerprint density at radius 3 is 2.64 bits per heavy atom. The second-order valence-corrected chi connectivity index (χ2v) is 5.37. The van der Waals surface area contributed by atoms with E-state index < -0.39 is 0 Å². The average molecular weight is 314 g/mol. The van der Waals surface area contributed by atoms with E-state index in [9.17, 15) is 9.18 Å². The summed E-state index contributed by atoms with van der Waals surface area (Å²) in [6, 6.07) is 11.2. The number of aromatic nitrogens is 3. The van der Waals surface area contributed by atoms with E-state index in [4.69, 9.17) is 11.6 Å². The zero-order valence-electron chi connectivity index (χ0n) is 11.2. The minimum Gasteiger partial charge on any atom is -0.290 e. The first kappa shape index (κ1) is 13.0. The van der Waals surface area contributed by atoms with Crippen molar-refractivity contribution in [3.63, 3.8) is 0 Å². The van der Waals surface area contributed by atoms with Gasteiger partial charge < -0.3 is 0 Å². The fourth-order valence-electron chi connectivity index (χ4n) is 2.50. The molecule has 2 aromatic carbocycles. The largest absolute Gasteiger partial charge is 0.290 e. The van der Waals surface area contributed by atoms with Gasteiger partial charge >= 0.3 is 0 Å². The summed E-state index contributed by atoms with van der Waals surface area (Å²) < 4.78 is 14.9. The summed E-state index contributed by atoms with van der Waals surface area (Å²) in [6.45, 7) is 0. The van der Waals surface area contributed by atoms with E-state index in [0.29, 0.717) is 32.5 Å². The van der Waals surface area contributed by atoms with Gasteiger partial charge in [-0.15, -0.1) is 0 Å². The summed E-state index contributed by atoms with van der Waals surface area (Å²) in [5.74, 6) is -0.373. The molecule has 2 aromatic heterocycles. The van der Waals surface area contributed by atoms with Crippen LogP contribution < -0.4 is 5.56 Å². The molecule has 0 spiro atoms. The van der Waals surface area contributed by atoms with Crippen molar-refractivity contribution in [1.29, 1.82) is 0 Å². The highest BCUT2D eigenvalue weighted by Crippen LogP contribution is 2.22. The molecule has 4 rings (SSSR count). The predicted octanol–water partition coefficient (Wildman–Crippen LogP) is 3.66. The molecule has 0 saturated carbocycles. The number of pyridine rings is 1. The number of benzene rings is 2. The van der Waals surface area contributed by atoms with E-state index in [2.05, 4.69) is 10.1 Å². The maximum Gasteiger partial charge on any atom is 0.280 e. The van der Waals surface area contributed by atoms with Crippen LogP contribution in [0.5, 0.6) is 0 Å². The first-order valence-electron chi connectivity index (χ1n) is 6.58. The molecule has 0 saturated heterocycles. The van der Waals surface area contributed by atoms with Gasteiger partial charge in [0.05, 0.1) is 22.1 Å². The summed E-state index contributed by atoms with van der Waals surface area (Å²) in [4.78, 5) is 16.7. The molecule has 6 heteroatoms. The van der Waals surface area contributed by atoms with Gasteiger partial charge in [0.15, 0.2) is 0 Å². The number of hydrogen-bond acceptors (Lipinski definition) is 2. The van der Waals surface area contributed by atoms with Crippen molar-refractivity contribution in [2.24, 2.45) is 0 Å². The molecule has 22 heavy (non-hydrogen) atoms. The fraction of sp³-hybridized carbons (Fsp3) is 0. The van der Waals surface area contributed by atoms with Gasteiger partial charge in [-0.1, -0.05) is 11.6 Å². The molecular weight excluding hydrogens is 305 g/mol. The second-order valence-electron chi connectivity index (χ2n) is 4.94. The van der Waals surface area contributed by atoms with Gasteiger partial charge in [-0.3, -0.25) is 14.9 Å². The van der Waals surface area contributed by atoms with Gasteiger partial charge in [0.25, 0.3) is 5.56 Å². The normalized spacial score (nSPS) is 11.4. The summed E-state index contributed by atoms with van der Waals surface area (Å²) in [5, 5.41) is 4.59. The quantitative estimate of drug-likeness (QED) is 0.583. The maximum absolute atomic E-state index is 13.5. The van der Waals surface area contributed by atoms with E-state index in [-0.39, 0.29) is 11.4 Å². The number of nitrogens with zero attached hydrogens (tertiary/aromatic N) is 2. The van der Waals surface area contributed by atoms with Gasteiger partial charge in [-0.25, -0.2) is 9.07 Å². The molecule has 2 heterocycles. The van der Waals surface area contributed by atoms with Gasteiger partial charge in [0.2, 0.25) is 0 Å². The number of aromatic amines is 1. The number of H-pyrrole nitrogens is 1. The molecule has 0 aliphatic rings. The van der Waals surface area contributed by atoms with E-state index in [1.54, 1.807) is 30.3 Å². The third kappa shape index (κ3) is 1.90. The van der Waals surface area contributed by atoms with Crippen LogP contribution >= 0.6 is 11.6 Å². The Labute approximate surface area is 128 Å². The lowest BCUT2D eigenvalue weighted by atomic mass is 10.2. The van der Waals surface area contributed by atoms with E-state index in [1.807, 2.05) is 0 Å². The Bertz CT molecular complexity index is 1070. The van der Waals surface area contributed by atoms with Crippen LogP contribution in [-0.4, -0.2) is 14.8 Å². The third-order valence-electron chi connectivity index (χ3n) is 3.57. The predicted molar refractivity (Wildman–Crippen MR) is 84.2 cm³/mol. The molecule has 0 amide bonds. The minimum atomic E-state index is -0.373. The maximum atomic E-state index is 13.5. The summed E-state index contributed by atoms with van der Waals surface area (Å²) in [7, 11) is 0. The summed E-state index contributed by atoms with van der Waals surface area (Å²) in [6.07, 6.45) is 1.50. The van der Waals surface area contributed by atoms with Crippen LogP contribution in [0.15, 0.2) is 53.5 Å². The van der Waals surface area contributed by atoms with Crippen LogP contribution in [0.3, 0.4) is 0 Å². The second kappa shape index (κ2) is 4.68. The van der Waals surface area contributed by atoms with Crippen LogP contribution in [0.1, 0.15) is 0 Å². The lowest BCUT2D eigenvalue weighted by molar-refractivity contribution is 0.629. The Hall–Kier alpha value is -2.66. The standard InChI is InChI=1S/C16H9ClFN3O/c17-9-1-4-11(5-2-9)21-16(22)13-8-19-14-6-3-10(18)7-12(14)15(13)20-21/h1-8,20H. The summed E-state index contributed by atoms with van der Waals surface area (Å²) >= 11 is 5.86. The highest BCUT2D eigenvalue weighted by atomic mass is 35.5. The molecule has 0 fully saturated rings. The van der Waals surface area contributed by atoms with Crippen molar-refractivity contribution in [2.75, 3.05) is 0 Å². The van der Waals surface area contributed by atoms with Crippen molar-refractivity contribution < 1.29 is 4.39 Å². The number of nitrogens with one attached hydrogen (secondary N) is 1. The van der Waals surface area contributed by atoms with Gasteiger partial charge in [0.1, 0.15) is 5.82 Å². The Balaban J connectivity index is 2.07. The molecular formula is C16H9ClFN3O. The first-order valence-corrected chi connectivity index (χ1v) is 6.96. The third-order valence-corrected chi connectivity index (χ3v) is 3.82. The molecule has 1 N–H and O–H groups in total. The van der Waals surface area contributed by atoms with Crippen molar-refractivity contribution in [3.8, 4) is 5.69 Å².